The first-order valence-electron chi connectivity index (χ1n) is 5.55. The van der Waals surface area contributed by atoms with Crippen LogP contribution in [0.15, 0.2) is 36.4 Å². The SMILES string of the molecule is Cc1cccc(Oc2ccc(C(=O)O)c(N)c2)c1F. The molecule has 2 aromatic rings. The van der Waals surface area contributed by atoms with Crippen molar-refractivity contribution in [3.8, 4) is 11.5 Å². The van der Waals surface area contributed by atoms with Crippen LogP contribution in [0.4, 0.5) is 10.1 Å². The minimum Gasteiger partial charge on any atom is -0.478 e. The van der Waals surface area contributed by atoms with Crippen LogP contribution in [0, 0.1) is 12.7 Å². The third-order valence-electron chi connectivity index (χ3n) is 2.64. The van der Waals surface area contributed by atoms with E-state index in [4.69, 9.17) is 15.6 Å². The maximum Gasteiger partial charge on any atom is 0.337 e. The maximum atomic E-state index is 13.7. The Labute approximate surface area is 109 Å². The lowest BCUT2D eigenvalue weighted by Crippen LogP contribution is -2.02. The zero-order valence-electron chi connectivity index (χ0n) is 10.2. The first-order chi connectivity index (χ1) is 8.99. The predicted octanol–water partition coefficient (Wildman–Crippen LogP) is 3.21. The van der Waals surface area contributed by atoms with E-state index in [9.17, 15) is 9.18 Å². The number of hydrogen-bond acceptors (Lipinski definition) is 3. The molecule has 4 nitrogen and oxygen atoms in total. The summed E-state index contributed by atoms with van der Waals surface area (Å²) in [6.07, 6.45) is 0. The first kappa shape index (κ1) is 12.9. The van der Waals surface area contributed by atoms with E-state index < -0.39 is 11.8 Å². The van der Waals surface area contributed by atoms with Gasteiger partial charge in [0.25, 0.3) is 0 Å². The third kappa shape index (κ3) is 2.65. The highest BCUT2D eigenvalue weighted by Crippen LogP contribution is 2.28. The molecule has 0 atom stereocenters. The summed E-state index contributed by atoms with van der Waals surface area (Å²) >= 11 is 0. The van der Waals surface area contributed by atoms with Crippen LogP contribution in [0.5, 0.6) is 11.5 Å². The molecule has 3 N–H and O–H groups in total. The number of nitrogen functional groups attached to an aromatic ring is 1. The number of hydrogen-bond donors (Lipinski definition) is 2. The van der Waals surface area contributed by atoms with Crippen LogP contribution in [-0.2, 0) is 0 Å². The molecule has 98 valence electrons. The van der Waals surface area contributed by atoms with E-state index in [2.05, 4.69) is 0 Å². The van der Waals surface area contributed by atoms with E-state index in [-0.39, 0.29) is 22.7 Å². The average Bonchev–Trinajstić information content (AvgIpc) is 2.34. The van der Waals surface area contributed by atoms with Gasteiger partial charge in [0.15, 0.2) is 11.6 Å². The number of anilines is 1. The predicted molar refractivity (Wildman–Crippen MR) is 69.0 cm³/mol. The van der Waals surface area contributed by atoms with E-state index in [1.807, 2.05) is 0 Å². The largest absolute Gasteiger partial charge is 0.478 e. The van der Waals surface area contributed by atoms with Gasteiger partial charge in [-0.3, -0.25) is 0 Å². The van der Waals surface area contributed by atoms with Crippen molar-refractivity contribution in [2.24, 2.45) is 0 Å². The second kappa shape index (κ2) is 4.97. The molecule has 0 bridgehead atoms. The third-order valence-corrected chi connectivity index (χ3v) is 2.64. The number of rotatable bonds is 3. The highest BCUT2D eigenvalue weighted by molar-refractivity contribution is 5.93. The van der Waals surface area contributed by atoms with Crippen molar-refractivity contribution in [2.75, 3.05) is 5.73 Å². The molecule has 2 rings (SSSR count). The molecule has 19 heavy (non-hydrogen) atoms. The highest BCUT2D eigenvalue weighted by atomic mass is 19.1. The van der Waals surface area contributed by atoms with Gasteiger partial charge in [-0.1, -0.05) is 12.1 Å². The Kier molecular flexibility index (Phi) is 3.37. The van der Waals surface area contributed by atoms with Crippen molar-refractivity contribution >= 4 is 11.7 Å². The molecule has 5 heteroatoms. The summed E-state index contributed by atoms with van der Waals surface area (Å²) < 4.78 is 19.1. The standard InChI is InChI=1S/C14H12FNO3/c1-8-3-2-4-12(13(8)15)19-9-5-6-10(14(17)18)11(16)7-9/h2-7H,16H2,1H3,(H,17,18). The molecule has 0 fully saturated rings. The summed E-state index contributed by atoms with van der Waals surface area (Å²) in [5, 5.41) is 8.85. The van der Waals surface area contributed by atoms with Crippen molar-refractivity contribution < 1.29 is 19.0 Å². The number of carboxylic acids is 1. The molecular weight excluding hydrogens is 249 g/mol. The second-order valence-electron chi connectivity index (χ2n) is 4.04. The van der Waals surface area contributed by atoms with Crippen molar-refractivity contribution in [2.45, 2.75) is 6.92 Å². The Bertz CT molecular complexity index is 641. The van der Waals surface area contributed by atoms with Crippen molar-refractivity contribution in [3.63, 3.8) is 0 Å². The smallest absolute Gasteiger partial charge is 0.337 e. The van der Waals surface area contributed by atoms with E-state index in [0.29, 0.717) is 5.56 Å². The van der Waals surface area contributed by atoms with Gasteiger partial charge < -0.3 is 15.6 Å². The zero-order valence-corrected chi connectivity index (χ0v) is 10.2. The van der Waals surface area contributed by atoms with Crippen molar-refractivity contribution in [3.05, 3.63) is 53.3 Å². The fraction of sp³-hybridized carbons (Fsp3) is 0.0714. The van der Waals surface area contributed by atoms with Gasteiger partial charge in [0, 0.05) is 11.8 Å². The van der Waals surface area contributed by atoms with Gasteiger partial charge in [0.1, 0.15) is 5.75 Å². The molecule has 0 aliphatic carbocycles. The molecule has 0 saturated carbocycles. The van der Waals surface area contributed by atoms with Gasteiger partial charge in [-0.25, -0.2) is 9.18 Å². The van der Waals surface area contributed by atoms with E-state index in [1.165, 1.54) is 24.3 Å². The second-order valence-corrected chi connectivity index (χ2v) is 4.04. The fourth-order valence-corrected chi connectivity index (χ4v) is 1.63. The fourth-order valence-electron chi connectivity index (χ4n) is 1.63. The van der Waals surface area contributed by atoms with Gasteiger partial charge in [-0.05, 0) is 30.7 Å². The summed E-state index contributed by atoms with van der Waals surface area (Å²) in [4.78, 5) is 10.8. The van der Waals surface area contributed by atoms with Gasteiger partial charge in [-0.2, -0.15) is 0 Å². The molecule has 2 aromatic carbocycles. The number of carbonyl (C=O) groups is 1. The highest BCUT2D eigenvalue weighted by Gasteiger charge is 2.11. The van der Waals surface area contributed by atoms with Gasteiger partial charge >= 0.3 is 5.97 Å². The lowest BCUT2D eigenvalue weighted by molar-refractivity contribution is 0.0698. The number of aryl methyl sites for hydroxylation is 1. The zero-order chi connectivity index (χ0) is 14.0. The molecule has 0 aromatic heterocycles. The average molecular weight is 261 g/mol. The molecule has 0 saturated heterocycles. The Morgan fingerprint density at radius 2 is 2.05 bits per heavy atom. The van der Waals surface area contributed by atoms with Crippen LogP contribution in [0.25, 0.3) is 0 Å². The quantitative estimate of drug-likeness (QED) is 0.832. The van der Waals surface area contributed by atoms with Crippen molar-refractivity contribution in [1.29, 1.82) is 0 Å². The summed E-state index contributed by atoms with van der Waals surface area (Å²) in [5.41, 5.74) is 6.11. The lowest BCUT2D eigenvalue weighted by Gasteiger charge is -2.09. The topological polar surface area (TPSA) is 72.5 Å². The molecule has 0 aliphatic rings. The Balaban J connectivity index is 2.32. The van der Waals surface area contributed by atoms with E-state index >= 15 is 0 Å². The minimum absolute atomic E-state index is 0.0166. The van der Waals surface area contributed by atoms with Crippen molar-refractivity contribution in [1.82, 2.24) is 0 Å². The molecule has 0 radical (unpaired) electrons. The first-order valence-corrected chi connectivity index (χ1v) is 5.55. The molecular formula is C14H12FNO3. The van der Waals surface area contributed by atoms with Crippen LogP contribution in [0.1, 0.15) is 15.9 Å². The van der Waals surface area contributed by atoms with Crippen LogP contribution in [0.2, 0.25) is 0 Å². The Hall–Kier alpha value is -2.56. The van der Waals surface area contributed by atoms with E-state index in [1.54, 1.807) is 19.1 Å². The number of halogens is 1. The molecule has 0 aliphatic heterocycles. The lowest BCUT2D eigenvalue weighted by atomic mass is 10.1. The van der Waals surface area contributed by atoms with E-state index in [0.717, 1.165) is 0 Å². The minimum atomic E-state index is -1.12. The molecule has 0 amide bonds. The van der Waals surface area contributed by atoms with Crippen LogP contribution in [-0.4, -0.2) is 11.1 Å². The summed E-state index contributed by atoms with van der Waals surface area (Å²) in [6.45, 7) is 1.63. The number of aromatic carboxylic acids is 1. The van der Waals surface area contributed by atoms with Gasteiger partial charge in [0.2, 0.25) is 0 Å². The molecule has 0 heterocycles. The summed E-state index contributed by atoms with van der Waals surface area (Å²) in [5.74, 6) is -1.22. The van der Waals surface area contributed by atoms with Crippen LogP contribution >= 0.6 is 0 Å². The number of benzene rings is 2. The maximum absolute atomic E-state index is 13.7. The monoisotopic (exact) mass is 261 g/mol. The Morgan fingerprint density at radius 3 is 2.68 bits per heavy atom. The number of nitrogens with two attached hydrogens (primary N) is 1. The normalized spacial score (nSPS) is 10.2. The number of carboxylic acid groups (broad SMARTS) is 1. The van der Waals surface area contributed by atoms with Gasteiger partial charge in [0.05, 0.1) is 5.56 Å². The molecule has 0 spiro atoms. The Morgan fingerprint density at radius 1 is 1.32 bits per heavy atom. The number of ether oxygens (including phenoxy) is 1. The van der Waals surface area contributed by atoms with Crippen LogP contribution < -0.4 is 10.5 Å². The summed E-state index contributed by atoms with van der Waals surface area (Å²) in [7, 11) is 0. The molecule has 0 unspecified atom stereocenters. The van der Waals surface area contributed by atoms with Gasteiger partial charge in [-0.15, -0.1) is 0 Å². The summed E-state index contributed by atoms with van der Waals surface area (Å²) in [6, 6.07) is 8.89. The van der Waals surface area contributed by atoms with Crippen LogP contribution in [0.3, 0.4) is 0 Å².